The summed E-state index contributed by atoms with van der Waals surface area (Å²) in [5, 5.41) is 9.04. The second-order valence-corrected chi connectivity index (χ2v) is 4.89. The first kappa shape index (κ1) is 12.2. The molecule has 3 heteroatoms. The highest BCUT2D eigenvalue weighted by Crippen LogP contribution is 2.16. The Morgan fingerprint density at radius 3 is 2.27 bits per heavy atom. The molecule has 0 saturated carbocycles. The van der Waals surface area contributed by atoms with E-state index in [9.17, 15) is 0 Å². The Hall–Kier alpha value is -0.850. The van der Waals surface area contributed by atoms with Crippen LogP contribution in [-0.2, 0) is 0 Å². The van der Waals surface area contributed by atoms with Gasteiger partial charge in [-0.2, -0.15) is 5.26 Å². The lowest BCUT2D eigenvalue weighted by atomic mass is 10.0. The van der Waals surface area contributed by atoms with Gasteiger partial charge in [0.1, 0.15) is 5.54 Å². The van der Waals surface area contributed by atoms with Crippen LogP contribution in [0.3, 0.4) is 0 Å². The van der Waals surface area contributed by atoms with E-state index in [2.05, 4.69) is 29.4 Å². The maximum absolute atomic E-state index is 9.04. The molecule has 0 spiro atoms. The van der Waals surface area contributed by atoms with Gasteiger partial charge in [-0.1, -0.05) is 12.2 Å². The van der Waals surface area contributed by atoms with Crippen LogP contribution in [0.25, 0.3) is 0 Å². The summed E-state index contributed by atoms with van der Waals surface area (Å²) in [7, 11) is 0. The van der Waals surface area contributed by atoms with E-state index >= 15 is 0 Å². The number of nitriles is 1. The normalized spacial score (nSPS) is 19.9. The summed E-state index contributed by atoms with van der Waals surface area (Å²) in [5.74, 6) is 0. The van der Waals surface area contributed by atoms with Crippen LogP contribution in [-0.4, -0.2) is 48.1 Å². The topological polar surface area (TPSA) is 30.3 Å². The molecule has 0 amide bonds. The smallest absolute Gasteiger partial charge is 0.103 e. The number of piperazine rings is 1. The van der Waals surface area contributed by atoms with Crippen LogP contribution in [0.5, 0.6) is 0 Å². The summed E-state index contributed by atoms with van der Waals surface area (Å²) in [4.78, 5) is 4.65. The molecule has 84 valence electrons. The molecule has 1 fully saturated rings. The Kier molecular flexibility index (Phi) is 3.90. The monoisotopic (exact) mass is 207 g/mol. The molecule has 0 bridgehead atoms. The largest absolute Gasteiger partial charge is 0.297 e. The molecule has 0 unspecified atom stereocenters. The van der Waals surface area contributed by atoms with Crippen LogP contribution >= 0.6 is 0 Å². The lowest BCUT2D eigenvalue weighted by Crippen LogP contribution is -2.54. The quantitative estimate of drug-likeness (QED) is 0.657. The maximum atomic E-state index is 9.04. The van der Waals surface area contributed by atoms with Crippen molar-refractivity contribution in [1.29, 1.82) is 5.26 Å². The van der Waals surface area contributed by atoms with Gasteiger partial charge in [-0.25, -0.2) is 0 Å². The third-order valence-electron chi connectivity index (χ3n) is 2.93. The van der Waals surface area contributed by atoms with Gasteiger partial charge in [-0.15, -0.1) is 0 Å². The fraction of sp³-hybridized carbons (Fsp3) is 0.750. The molecule has 0 radical (unpaired) electrons. The predicted molar refractivity (Wildman–Crippen MR) is 62.5 cm³/mol. The van der Waals surface area contributed by atoms with Gasteiger partial charge in [0.2, 0.25) is 0 Å². The van der Waals surface area contributed by atoms with E-state index in [0.717, 1.165) is 32.7 Å². The zero-order valence-corrected chi connectivity index (χ0v) is 10.1. The van der Waals surface area contributed by atoms with Crippen molar-refractivity contribution >= 4 is 0 Å². The van der Waals surface area contributed by atoms with Crippen LogP contribution in [0.15, 0.2) is 12.2 Å². The number of hydrogen-bond donors (Lipinski definition) is 0. The van der Waals surface area contributed by atoms with Gasteiger partial charge in [-0.3, -0.25) is 9.80 Å². The van der Waals surface area contributed by atoms with Gasteiger partial charge in [0.25, 0.3) is 0 Å². The lowest BCUT2D eigenvalue weighted by molar-refractivity contribution is 0.0850. The van der Waals surface area contributed by atoms with Crippen molar-refractivity contribution in [1.82, 2.24) is 9.80 Å². The van der Waals surface area contributed by atoms with E-state index < -0.39 is 0 Å². The highest BCUT2D eigenvalue weighted by molar-refractivity contribution is 5.03. The zero-order chi connectivity index (χ0) is 11.5. The molecule has 0 atom stereocenters. The molecule has 0 aromatic carbocycles. The van der Waals surface area contributed by atoms with Crippen LogP contribution < -0.4 is 0 Å². The predicted octanol–water partition coefficient (Wildman–Crippen LogP) is 1.48. The van der Waals surface area contributed by atoms with E-state index in [1.165, 1.54) is 5.57 Å². The first-order chi connectivity index (χ1) is 6.95. The second kappa shape index (κ2) is 4.78. The van der Waals surface area contributed by atoms with Crippen LogP contribution in [0.4, 0.5) is 0 Å². The molecule has 1 aliphatic rings. The highest BCUT2D eigenvalue weighted by Gasteiger charge is 2.29. The third kappa shape index (κ3) is 3.33. The Morgan fingerprint density at radius 1 is 1.33 bits per heavy atom. The minimum absolute atomic E-state index is 0.324. The summed E-state index contributed by atoms with van der Waals surface area (Å²) < 4.78 is 0. The summed E-state index contributed by atoms with van der Waals surface area (Å²) in [6.45, 7) is 15.0. The average Bonchev–Trinajstić information content (AvgIpc) is 2.18. The molecule has 0 aromatic rings. The molecule has 1 rings (SSSR count). The molecule has 0 aliphatic carbocycles. The van der Waals surface area contributed by atoms with Gasteiger partial charge in [-0.05, 0) is 20.8 Å². The summed E-state index contributed by atoms with van der Waals surface area (Å²) >= 11 is 0. The van der Waals surface area contributed by atoms with Crippen LogP contribution in [0.1, 0.15) is 20.8 Å². The van der Waals surface area contributed by atoms with Crippen molar-refractivity contribution < 1.29 is 0 Å². The van der Waals surface area contributed by atoms with Crippen molar-refractivity contribution in [3.8, 4) is 6.07 Å². The minimum atomic E-state index is -0.324. The Labute approximate surface area is 93.0 Å². The maximum Gasteiger partial charge on any atom is 0.103 e. The number of hydrogen-bond acceptors (Lipinski definition) is 3. The van der Waals surface area contributed by atoms with Crippen molar-refractivity contribution in [3.05, 3.63) is 12.2 Å². The highest BCUT2D eigenvalue weighted by atomic mass is 15.3. The van der Waals surface area contributed by atoms with Crippen molar-refractivity contribution in [2.24, 2.45) is 0 Å². The minimum Gasteiger partial charge on any atom is -0.297 e. The summed E-state index contributed by atoms with van der Waals surface area (Å²) in [6, 6.07) is 2.36. The molecule has 1 heterocycles. The van der Waals surface area contributed by atoms with Gasteiger partial charge >= 0.3 is 0 Å². The molecule has 0 N–H and O–H groups in total. The van der Waals surface area contributed by atoms with Gasteiger partial charge in [0, 0.05) is 32.7 Å². The molecule has 0 aromatic heterocycles. The standard InChI is InChI=1S/C12H21N3/c1-11(2)9-14-5-7-15(8-6-14)12(3,4)10-13/h1,5-9H2,2-4H3. The summed E-state index contributed by atoms with van der Waals surface area (Å²) in [6.07, 6.45) is 0. The Balaban J connectivity index is 2.43. The van der Waals surface area contributed by atoms with Gasteiger partial charge in [0.15, 0.2) is 0 Å². The number of rotatable bonds is 3. The van der Waals surface area contributed by atoms with Crippen molar-refractivity contribution in [2.75, 3.05) is 32.7 Å². The average molecular weight is 207 g/mol. The number of nitrogens with zero attached hydrogens (tertiary/aromatic N) is 3. The van der Waals surface area contributed by atoms with E-state index in [4.69, 9.17) is 5.26 Å². The SMILES string of the molecule is C=C(C)CN1CCN(C(C)(C)C#N)CC1. The lowest BCUT2D eigenvalue weighted by Gasteiger charge is -2.40. The van der Waals surface area contributed by atoms with Crippen molar-refractivity contribution in [2.45, 2.75) is 26.3 Å². The van der Waals surface area contributed by atoms with Crippen molar-refractivity contribution in [3.63, 3.8) is 0 Å². The molecule has 3 nitrogen and oxygen atoms in total. The molecule has 1 saturated heterocycles. The first-order valence-corrected chi connectivity index (χ1v) is 5.49. The fourth-order valence-electron chi connectivity index (χ4n) is 1.92. The van der Waals surface area contributed by atoms with E-state index in [1.807, 2.05) is 13.8 Å². The molecular weight excluding hydrogens is 186 g/mol. The van der Waals surface area contributed by atoms with Crippen LogP contribution in [0.2, 0.25) is 0 Å². The molecule has 1 aliphatic heterocycles. The van der Waals surface area contributed by atoms with Crippen LogP contribution in [0, 0.1) is 11.3 Å². The van der Waals surface area contributed by atoms with E-state index in [-0.39, 0.29) is 5.54 Å². The third-order valence-corrected chi connectivity index (χ3v) is 2.93. The molecular formula is C12H21N3. The van der Waals surface area contributed by atoms with E-state index in [0.29, 0.717) is 0 Å². The summed E-state index contributed by atoms with van der Waals surface area (Å²) in [5.41, 5.74) is 0.887. The zero-order valence-electron chi connectivity index (χ0n) is 10.1. The Morgan fingerprint density at radius 2 is 1.87 bits per heavy atom. The Bertz CT molecular complexity index is 267. The van der Waals surface area contributed by atoms with E-state index in [1.54, 1.807) is 0 Å². The second-order valence-electron chi connectivity index (χ2n) is 4.89. The van der Waals surface area contributed by atoms with Gasteiger partial charge < -0.3 is 0 Å². The first-order valence-electron chi connectivity index (χ1n) is 5.49. The fourth-order valence-corrected chi connectivity index (χ4v) is 1.92. The molecule has 15 heavy (non-hydrogen) atoms. The van der Waals surface area contributed by atoms with Gasteiger partial charge in [0.05, 0.1) is 6.07 Å².